The van der Waals surface area contributed by atoms with Gasteiger partial charge >= 0.3 is 0 Å². The summed E-state index contributed by atoms with van der Waals surface area (Å²) < 4.78 is 5.40. The van der Waals surface area contributed by atoms with Crippen LogP contribution in [0.1, 0.15) is 27.7 Å². The number of hydrogen-bond acceptors (Lipinski definition) is 1. The zero-order valence-electron chi connectivity index (χ0n) is 8.35. The van der Waals surface area contributed by atoms with Gasteiger partial charge in [0, 0.05) is 12.5 Å². The zero-order chi connectivity index (χ0) is 9.07. The molecule has 0 saturated heterocycles. The lowest BCUT2D eigenvalue weighted by Crippen LogP contribution is -2.33. The van der Waals surface area contributed by atoms with E-state index in [2.05, 4.69) is 34.3 Å². The highest BCUT2D eigenvalue weighted by Gasteiger charge is 2.28. The first-order valence-corrected chi connectivity index (χ1v) is 4.12. The smallest absolute Gasteiger partial charge is 0.0679 e. The maximum Gasteiger partial charge on any atom is 0.0679 e. The third-order valence-corrected chi connectivity index (χ3v) is 2.12. The Morgan fingerprint density at radius 2 is 1.82 bits per heavy atom. The van der Waals surface area contributed by atoms with E-state index in [4.69, 9.17) is 4.74 Å². The Labute approximate surface area is 70.4 Å². The molecule has 0 bridgehead atoms. The molecule has 1 nitrogen and oxygen atoms in total. The second-order valence-electron chi connectivity index (χ2n) is 3.93. The van der Waals surface area contributed by atoms with Crippen molar-refractivity contribution in [2.24, 2.45) is 11.3 Å². The standard InChI is InChI=1S/C10H20O/c1-7-10(4,5)9(11-6)8(2)3/h7-9H,1H2,2-6H3/t9-/m1/s1. The van der Waals surface area contributed by atoms with Crippen molar-refractivity contribution in [2.75, 3.05) is 7.11 Å². The lowest BCUT2D eigenvalue weighted by Gasteiger charge is -2.33. The first kappa shape index (κ1) is 10.7. The molecule has 0 amide bonds. The molecule has 0 heterocycles. The molecule has 0 aliphatic heterocycles. The summed E-state index contributed by atoms with van der Waals surface area (Å²) in [5.74, 6) is 0.535. The summed E-state index contributed by atoms with van der Waals surface area (Å²) >= 11 is 0. The highest BCUT2D eigenvalue weighted by Crippen LogP contribution is 2.29. The van der Waals surface area contributed by atoms with E-state index < -0.39 is 0 Å². The van der Waals surface area contributed by atoms with Crippen LogP contribution in [-0.4, -0.2) is 13.2 Å². The van der Waals surface area contributed by atoms with E-state index in [1.165, 1.54) is 0 Å². The minimum Gasteiger partial charge on any atom is -0.380 e. The topological polar surface area (TPSA) is 9.23 Å². The number of ether oxygens (including phenoxy) is 1. The minimum absolute atomic E-state index is 0.0723. The second kappa shape index (κ2) is 3.91. The van der Waals surface area contributed by atoms with Gasteiger partial charge in [-0.15, -0.1) is 6.58 Å². The van der Waals surface area contributed by atoms with E-state index in [-0.39, 0.29) is 11.5 Å². The molecule has 0 unspecified atom stereocenters. The molecule has 0 aromatic heterocycles. The molecule has 0 saturated carbocycles. The monoisotopic (exact) mass is 156 g/mol. The number of rotatable bonds is 4. The van der Waals surface area contributed by atoms with E-state index in [1.807, 2.05) is 6.08 Å². The van der Waals surface area contributed by atoms with Gasteiger partial charge in [0.2, 0.25) is 0 Å². The van der Waals surface area contributed by atoms with Crippen molar-refractivity contribution in [1.29, 1.82) is 0 Å². The van der Waals surface area contributed by atoms with Crippen LogP contribution in [-0.2, 0) is 4.74 Å². The van der Waals surface area contributed by atoms with Crippen LogP contribution in [0, 0.1) is 11.3 Å². The average Bonchev–Trinajstić information content (AvgIpc) is 1.88. The highest BCUT2D eigenvalue weighted by molar-refractivity contribution is 4.94. The van der Waals surface area contributed by atoms with Gasteiger partial charge in [-0.25, -0.2) is 0 Å². The van der Waals surface area contributed by atoms with Gasteiger partial charge in [0.05, 0.1) is 6.10 Å². The van der Waals surface area contributed by atoms with Gasteiger partial charge in [0.15, 0.2) is 0 Å². The van der Waals surface area contributed by atoms with E-state index in [9.17, 15) is 0 Å². The fraction of sp³-hybridized carbons (Fsp3) is 0.800. The SMILES string of the molecule is C=CC(C)(C)[C@H](OC)C(C)C. The first-order chi connectivity index (χ1) is 4.95. The van der Waals surface area contributed by atoms with Crippen molar-refractivity contribution in [2.45, 2.75) is 33.8 Å². The molecule has 11 heavy (non-hydrogen) atoms. The van der Waals surface area contributed by atoms with Crippen molar-refractivity contribution < 1.29 is 4.74 Å². The van der Waals surface area contributed by atoms with Crippen molar-refractivity contribution in [3.8, 4) is 0 Å². The predicted molar refractivity (Wildman–Crippen MR) is 49.6 cm³/mol. The van der Waals surface area contributed by atoms with Crippen molar-refractivity contribution >= 4 is 0 Å². The molecule has 0 spiro atoms. The third-order valence-electron chi connectivity index (χ3n) is 2.12. The first-order valence-electron chi connectivity index (χ1n) is 4.12. The number of methoxy groups -OCH3 is 1. The Balaban J connectivity index is 4.35. The molecular formula is C10H20O. The molecule has 0 aromatic carbocycles. The maximum absolute atomic E-state index is 5.40. The van der Waals surface area contributed by atoms with Crippen LogP contribution in [0.4, 0.5) is 0 Å². The zero-order valence-corrected chi connectivity index (χ0v) is 8.35. The highest BCUT2D eigenvalue weighted by atomic mass is 16.5. The Hall–Kier alpha value is -0.300. The normalized spacial score (nSPS) is 15.1. The Bertz CT molecular complexity index is 125. The summed E-state index contributed by atoms with van der Waals surface area (Å²) in [4.78, 5) is 0. The predicted octanol–water partition coefficient (Wildman–Crippen LogP) is 2.87. The summed E-state index contributed by atoms with van der Waals surface area (Å²) in [7, 11) is 1.76. The third kappa shape index (κ3) is 2.66. The average molecular weight is 156 g/mol. The van der Waals surface area contributed by atoms with Gasteiger partial charge in [-0.1, -0.05) is 33.8 Å². The fourth-order valence-corrected chi connectivity index (χ4v) is 1.55. The van der Waals surface area contributed by atoms with Crippen molar-refractivity contribution in [3.05, 3.63) is 12.7 Å². The molecule has 0 fully saturated rings. The van der Waals surface area contributed by atoms with Gasteiger partial charge < -0.3 is 4.74 Å². The second-order valence-corrected chi connectivity index (χ2v) is 3.93. The Kier molecular flexibility index (Phi) is 3.81. The molecule has 0 rings (SSSR count). The van der Waals surface area contributed by atoms with Gasteiger partial charge in [-0.05, 0) is 5.92 Å². The lowest BCUT2D eigenvalue weighted by atomic mass is 9.81. The molecule has 0 aliphatic carbocycles. The molecule has 0 radical (unpaired) electrons. The summed E-state index contributed by atoms with van der Waals surface area (Å²) in [5.41, 5.74) is 0.0723. The molecule has 1 atom stereocenters. The van der Waals surface area contributed by atoms with E-state index in [0.717, 1.165) is 0 Å². The van der Waals surface area contributed by atoms with Crippen LogP contribution in [0.2, 0.25) is 0 Å². The van der Waals surface area contributed by atoms with Crippen LogP contribution in [0.5, 0.6) is 0 Å². The van der Waals surface area contributed by atoms with Crippen molar-refractivity contribution in [1.82, 2.24) is 0 Å². The van der Waals surface area contributed by atoms with Gasteiger partial charge in [0.1, 0.15) is 0 Å². The Morgan fingerprint density at radius 3 is 1.91 bits per heavy atom. The molecular weight excluding hydrogens is 136 g/mol. The molecule has 1 heteroatoms. The van der Waals surface area contributed by atoms with E-state index in [0.29, 0.717) is 5.92 Å². The lowest BCUT2D eigenvalue weighted by molar-refractivity contribution is -0.00226. The quantitative estimate of drug-likeness (QED) is 0.569. The van der Waals surface area contributed by atoms with Crippen LogP contribution >= 0.6 is 0 Å². The van der Waals surface area contributed by atoms with E-state index >= 15 is 0 Å². The number of hydrogen-bond donors (Lipinski definition) is 0. The summed E-state index contributed by atoms with van der Waals surface area (Å²) in [6.07, 6.45) is 2.22. The summed E-state index contributed by atoms with van der Waals surface area (Å²) in [6, 6.07) is 0. The molecule has 66 valence electrons. The van der Waals surface area contributed by atoms with Crippen LogP contribution in [0.3, 0.4) is 0 Å². The summed E-state index contributed by atoms with van der Waals surface area (Å²) in [5, 5.41) is 0. The fourth-order valence-electron chi connectivity index (χ4n) is 1.55. The van der Waals surface area contributed by atoms with Crippen LogP contribution < -0.4 is 0 Å². The minimum atomic E-state index is 0.0723. The summed E-state index contributed by atoms with van der Waals surface area (Å²) in [6.45, 7) is 12.4. The van der Waals surface area contributed by atoms with Gasteiger partial charge in [0.25, 0.3) is 0 Å². The maximum atomic E-state index is 5.40. The van der Waals surface area contributed by atoms with Gasteiger partial charge in [-0.2, -0.15) is 0 Å². The van der Waals surface area contributed by atoms with Crippen LogP contribution in [0.25, 0.3) is 0 Å². The Morgan fingerprint density at radius 1 is 1.36 bits per heavy atom. The largest absolute Gasteiger partial charge is 0.380 e. The van der Waals surface area contributed by atoms with Crippen molar-refractivity contribution in [3.63, 3.8) is 0 Å². The molecule has 0 N–H and O–H groups in total. The molecule has 0 aliphatic rings. The van der Waals surface area contributed by atoms with E-state index in [1.54, 1.807) is 7.11 Å². The van der Waals surface area contributed by atoms with Crippen LogP contribution in [0.15, 0.2) is 12.7 Å². The molecule has 0 aromatic rings. The van der Waals surface area contributed by atoms with Gasteiger partial charge in [-0.3, -0.25) is 0 Å².